The second kappa shape index (κ2) is 5.98. The van der Waals surface area contributed by atoms with Crippen molar-refractivity contribution in [2.75, 3.05) is 32.2 Å². The first-order valence-electron chi connectivity index (χ1n) is 6.30. The number of benzene rings is 1. The highest BCUT2D eigenvalue weighted by molar-refractivity contribution is 5.96. The zero-order valence-electron chi connectivity index (χ0n) is 11.0. The Kier molecular flexibility index (Phi) is 4.33. The van der Waals surface area contributed by atoms with Crippen molar-refractivity contribution < 1.29 is 9.53 Å². The van der Waals surface area contributed by atoms with Gasteiger partial charge in [-0.05, 0) is 25.1 Å². The summed E-state index contributed by atoms with van der Waals surface area (Å²) in [5.41, 5.74) is 2.30. The molecule has 0 spiro atoms. The van der Waals surface area contributed by atoms with E-state index in [4.69, 9.17) is 4.74 Å². The second-order valence-electron chi connectivity index (χ2n) is 4.57. The van der Waals surface area contributed by atoms with Crippen molar-refractivity contribution >= 4 is 11.6 Å². The Hall–Kier alpha value is -1.39. The topological polar surface area (TPSA) is 41.6 Å². The number of rotatable bonds is 5. The van der Waals surface area contributed by atoms with Crippen LogP contribution in [0.25, 0.3) is 0 Å². The molecular formula is C14H20N2O2. The Balaban J connectivity index is 2.18. The van der Waals surface area contributed by atoms with Crippen LogP contribution < -0.4 is 10.2 Å². The van der Waals surface area contributed by atoms with Gasteiger partial charge in [0.05, 0.1) is 6.61 Å². The molecule has 0 aromatic heterocycles. The first kappa shape index (κ1) is 13.1. The van der Waals surface area contributed by atoms with E-state index in [1.807, 2.05) is 30.1 Å². The molecule has 2 rings (SSSR count). The van der Waals surface area contributed by atoms with Gasteiger partial charge in [0.25, 0.3) is 0 Å². The van der Waals surface area contributed by atoms with E-state index in [-0.39, 0.29) is 11.9 Å². The third-order valence-electron chi connectivity index (χ3n) is 3.37. The quantitative estimate of drug-likeness (QED) is 0.851. The fraction of sp³-hybridized carbons (Fsp3) is 0.500. The number of nitrogens with one attached hydrogen (secondary N) is 1. The van der Waals surface area contributed by atoms with E-state index >= 15 is 0 Å². The number of carbonyl (C=O) groups excluding carboxylic acids is 1. The Labute approximate surface area is 108 Å². The summed E-state index contributed by atoms with van der Waals surface area (Å²) in [4.78, 5) is 13.9. The Morgan fingerprint density at radius 2 is 2.17 bits per heavy atom. The van der Waals surface area contributed by atoms with E-state index < -0.39 is 0 Å². The van der Waals surface area contributed by atoms with Crippen LogP contribution in [-0.2, 0) is 16.0 Å². The highest BCUT2D eigenvalue weighted by Gasteiger charge is 2.25. The maximum atomic E-state index is 12.1. The first-order chi connectivity index (χ1) is 8.76. The van der Waals surface area contributed by atoms with Crippen molar-refractivity contribution in [1.29, 1.82) is 0 Å². The number of hydrogen-bond acceptors (Lipinski definition) is 3. The average molecular weight is 248 g/mol. The van der Waals surface area contributed by atoms with Crippen molar-refractivity contribution in [3.8, 4) is 0 Å². The number of methoxy groups -OCH3 is 1. The van der Waals surface area contributed by atoms with Crippen LogP contribution in [0.5, 0.6) is 0 Å². The number of para-hydroxylation sites is 1. The number of likely N-dealkylation sites (N-methyl/N-ethyl adjacent to an activating group) is 1. The Bertz CT molecular complexity index is 420. The van der Waals surface area contributed by atoms with Crippen molar-refractivity contribution in [2.45, 2.75) is 18.9 Å². The minimum absolute atomic E-state index is 0.158. The number of aryl methyl sites for hydroxylation is 1. The lowest BCUT2D eigenvalue weighted by atomic mass is 10.0. The Morgan fingerprint density at radius 3 is 2.89 bits per heavy atom. The first-order valence-corrected chi connectivity index (χ1v) is 6.30. The van der Waals surface area contributed by atoms with Crippen LogP contribution in [0.4, 0.5) is 5.69 Å². The van der Waals surface area contributed by atoms with Gasteiger partial charge in [0, 0.05) is 31.8 Å². The molecule has 0 fully saturated rings. The second-order valence-corrected chi connectivity index (χ2v) is 4.57. The van der Waals surface area contributed by atoms with Crippen molar-refractivity contribution in [3.05, 3.63) is 29.8 Å². The van der Waals surface area contributed by atoms with Gasteiger partial charge in [0.1, 0.15) is 0 Å². The molecule has 0 aliphatic carbocycles. The van der Waals surface area contributed by atoms with E-state index in [0.717, 1.165) is 12.1 Å². The summed E-state index contributed by atoms with van der Waals surface area (Å²) in [6.45, 7) is 1.25. The molecule has 4 heteroatoms. The predicted octanol–water partition coefficient (Wildman–Crippen LogP) is 1.20. The number of anilines is 1. The van der Waals surface area contributed by atoms with Crippen LogP contribution in [0, 0.1) is 0 Å². The molecular weight excluding hydrogens is 228 g/mol. The molecule has 0 radical (unpaired) electrons. The number of carbonyl (C=O) groups is 1. The van der Waals surface area contributed by atoms with Crippen LogP contribution in [0.2, 0.25) is 0 Å². The molecule has 1 N–H and O–H groups in total. The molecule has 1 unspecified atom stereocenters. The van der Waals surface area contributed by atoms with E-state index in [0.29, 0.717) is 19.6 Å². The summed E-state index contributed by atoms with van der Waals surface area (Å²) in [5, 5.41) is 3.18. The molecule has 1 aliphatic rings. The number of ether oxygens (including phenoxy) is 1. The molecule has 1 amide bonds. The molecule has 0 bridgehead atoms. The number of nitrogens with zero attached hydrogens (tertiary/aromatic N) is 1. The summed E-state index contributed by atoms with van der Waals surface area (Å²) < 4.78 is 5.16. The van der Waals surface area contributed by atoms with Crippen LogP contribution >= 0.6 is 0 Å². The molecule has 0 saturated carbocycles. The Morgan fingerprint density at radius 1 is 1.39 bits per heavy atom. The fourth-order valence-corrected chi connectivity index (χ4v) is 2.35. The minimum atomic E-state index is 0.158. The number of hydrogen-bond donors (Lipinski definition) is 1. The smallest absolute Gasteiger partial charge is 0.227 e. The average Bonchev–Trinajstić information content (AvgIpc) is 2.41. The molecule has 4 nitrogen and oxygen atoms in total. The van der Waals surface area contributed by atoms with Gasteiger partial charge in [-0.15, -0.1) is 0 Å². The van der Waals surface area contributed by atoms with Crippen LogP contribution in [-0.4, -0.2) is 39.3 Å². The highest BCUT2D eigenvalue weighted by Crippen LogP contribution is 2.27. The predicted molar refractivity (Wildman–Crippen MR) is 71.8 cm³/mol. The molecule has 0 saturated heterocycles. The molecule has 1 aliphatic heterocycles. The minimum Gasteiger partial charge on any atom is -0.383 e. The van der Waals surface area contributed by atoms with Gasteiger partial charge >= 0.3 is 0 Å². The highest BCUT2D eigenvalue weighted by atomic mass is 16.5. The summed E-state index contributed by atoms with van der Waals surface area (Å²) in [5.74, 6) is 0.199. The van der Waals surface area contributed by atoms with Crippen LogP contribution in [0.3, 0.4) is 0 Å². The molecule has 1 aromatic carbocycles. The summed E-state index contributed by atoms with van der Waals surface area (Å²) in [6.07, 6.45) is 1.44. The number of fused-ring (bicyclic) bond motifs is 1. The maximum Gasteiger partial charge on any atom is 0.227 e. The molecule has 1 aromatic rings. The van der Waals surface area contributed by atoms with Gasteiger partial charge in [-0.2, -0.15) is 0 Å². The third-order valence-corrected chi connectivity index (χ3v) is 3.37. The lowest BCUT2D eigenvalue weighted by Gasteiger charge is -2.32. The molecule has 1 atom stereocenters. The SMILES string of the molecule is CNC(COC)CN1C(=O)CCc2ccccc21. The van der Waals surface area contributed by atoms with Gasteiger partial charge in [-0.3, -0.25) is 4.79 Å². The van der Waals surface area contributed by atoms with E-state index in [9.17, 15) is 4.79 Å². The molecule has 98 valence electrons. The van der Waals surface area contributed by atoms with Crippen LogP contribution in [0.15, 0.2) is 24.3 Å². The maximum absolute atomic E-state index is 12.1. The summed E-state index contributed by atoms with van der Waals surface area (Å²) in [6, 6.07) is 8.28. The standard InChI is InChI=1S/C14H20N2O2/c1-15-12(10-18-2)9-16-13-6-4-3-5-11(13)7-8-14(16)17/h3-6,12,15H,7-10H2,1-2H3. The summed E-state index contributed by atoms with van der Waals surface area (Å²) >= 11 is 0. The lowest BCUT2D eigenvalue weighted by molar-refractivity contribution is -0.119. The van der Waals surface area contributed by atoms with Crippen molar-refractivity contribution in [3.63, 3.8) is 0 Å². The van der Waals surface area contributed by atoms with Crippen molar-refractivity contribution in [1.82, 2.24) is 5.32 Å². The van der Waals surface area contributed by atoms with Crippen molar-refractivity contribution in [2.24, 2.45) is 0 Å². The van der Waals surface area contributed by atoms with Gasteiger partial charge in [0.2, 0.25) is 5.91 Å². The lowest BCUT2D eigenvalue weighted by Crippen LogP contribution is -2.46. The fourth-order valence-electron chi connectivity index (χ4n) is 2.35. The van der Waals surface area contributed by atoms with E-state index in [2.05, 4.69) is 11.4 Å². The van der Waals surface area contributed by atoms with Gasteiger partial charge < -0.3 is 15.0 Å². The zero-order valence-corrected chi connectivity index (χ0v) is 11.0. The monoisotopic (exact) mass is 248 g/mol. The van der Waals surface area contributed by atoms with Gasteiger partial charge in [-0.1, -0.05) is 18.2 Å². The zero-order chi connectivity index (χ0) is 13.0. The molecule has 18 heavy (non-hydrogen) atoms. The third kappa shape index (κ3) is 2.71. The summed E-state index contributed by atoms with van der Waals surface area (Å²) in [7, 11) is 3.57. The van der Waals surface area contributed by atoms with Gasteiger partial charge in [-0.25, -0.2) is 0 Å². The normalized spacial score (nSPS) is 16.6. The number of amides is 1. The van der Waals surface area contributed by atoms with E-state index in [1.54, 1.807) is 7.11 Å². The molecule has 1 heterocycles. The van der Waals surface area contributed by atoms with E-state index in [1.165, 1.54) is 5.56 Å². The van der Waals surface area contributed by atoms with Gasteiger partial charge in [0.15, 0.2) is 0 Å². The van der Waals surface area contributed by atoms with Crippen LogP contribution in [0.1, 0.15) is 12.0 Å². The largest absolute Gasteiger partial charge is 0.383 e.